The van der Waals surface area contributed by atoms with Crippen LogP contribution in [-0.2, 0) is 20.0 Å². The van der Waals surface area contributed by atoms with Crippen molar-refractivity contribution in [3.63, 3.8) is 0 Å². The van der Waals surface area contributed by atoms with E-state index in [1.807, 2.05) is 0 Å². The quantitative estimate of drug-likeness (QED) is 0.0894. The summed E-state index contributed by atoms with van der Waals surface area (Å²) < 4.78 is 53.6. The van der Waals surface area contributed by atoms with Crippen LogP contribution in [-0.4, -0.2) is 45.0 Å². The summed E-state index contributed by atoms with van der Waals surface area (Å²) in [6.45, 7) is 0. The van der Waals surface area contributed by atoms with Crippen LogP contribution >= 0.6 is 58.0 Å². The molecule has 2 fully saturated rings. The molecular weight excluding hydrogens is 740 g/mol. The van der Waals surface area contributed by atoms with Crippen LogP contribution in [0.15, 0.2) is 52.3 Å². The van der Waals surface area contributed by atoms with E-state index >= 15 is 0 Å². The molecule has 0 heterocycles. The van der Waals surface area contributed by atoms with E-state index in [0.29, 0.717) is 0 Å². The van der Waals surface area contributed by atoms with Gasteiger partial charge in [-0.3, -0.25) is 10.1 Å². The molecule has 45 heavy (non-hydrogen) atoms. The number of benzene rings is 3. The molecule has 0 aromatic heterocycles. The number of phenolic OH excluding ortho intramolecular Hbond substituents is 1. The number of anilines is 2. The van der Waals surface area contributed by atoms with Crippen LogP contribution in [0.2, 0.25) is 25.1 Å². The molecule has 0 saturated heterocycles. The molecule has 242 valence electrons. The molecule has 0 bridgehead atoms. The molecule has 5 N–H and O–H groups in total. The molecule has 0 atom stereocenters. The number of carbonyl (C=O) groups excluding carboxylic acids is 1. The average Bonchev–Trinajstić information content (AvgIpc) is 3.87. The molecule has 0 aliphatic heterocycles. The fraction of sp³-hybridized carbons (Fsp3) is 0.240. The summed E-state index contributed by atoms with van der Waals surface area (Å²) in [6.07, 6.45) is 2.92. The van der Waals surface area contributed by atoms with Gasteiger partial charge in [0.1, 0.15) is 14.8 Å². The highest BCUT2D eigenvalue weighted by atomic mass is 35.5. The summed E-state index contributed by atoms with van der Waals surface area (Å²) in [6, 6.07) is 8.39. The van der Waals surface area contributed by atoms with Crippen LogP contribution < -0.4 is 20.1 Å². The van der Waals surface area contributed by atoms with Gasteiger partial charge >= 0.3 is 6.03 Å². The van der Waals surface area contributed by atoms with E-state index in [0.717, 1.165) is 37.8 Å². The highest BCUT2D eigenvalue weighted by Crippen LogP contribution is 2.39. The van der Waals surface area contributed by atoms with Gasteiger partial charge in [0, 0.05) is 18.2 Å². The van der Waals surface area contributed by atoms with Crippen molar-refractivity contribution in [1.82, 2.24) is 9.44 Å². The topological polar surface area (TPSA) is 197 Å². The lowest BCUT2D eigenvalue weighted by Gasteiger charge is -2.14. The van der Waals surface area contributed by atoms with Crippen LogP contribution in [0.5, 0.6) is 5.75 Å². The van der Waals surface area contributed by atoms with E-state index in [9.17, 15) is 36.9 Å². The van der Waals surface area contributed by atoms with E-state index in [4.69, 9.17) is 58.0 Å². The third-order valence-corrected chi connectivity index (χ3v) is 11.5. The number of phenols is 1. The van der Waals surface area contributed by atoms with Crippen LogP contribution in [0, 0.1) is 10.1 Å². The zero-order valence-electron chi connectivity index (χ0n) is 22.5. The molecule has 2 amide bonds. The summed E-state index contributed by atoms with van der Waals surface area (Å²) in [5.41, 5.74) is -0.373. The number of nitro benzene ring substituents is 1. The van der Waals surface area contributed by atoms with E-state index in [-0.39, 0.29) is 43.5 Å². The second-order valence-electron chi connectivity index (χ2n) is 9.71. The third kappa shape index (κ3) is 8.81. The van der Waals surface area contributed by atoms with Crippen molar-refractivity contribution in [2.24, 2.45) is 0 Å². The lowest BCUT2D eigenvalue weighted by atomic mass is 10.3. The largest absolute Gasteiger partial charge is 0.504 e. The van der Waals surface area contributed by atoms with Gasteiger partial charge in [0.2, 0.25) is 20.0 Å². The Morgan fingerprint density at radius 3 is 1.80 bits per heavy atom. The van der Waals surface area contributed by atoms with Crippen molar-refractivity contribution in [2.75, 3.05) is 10.6 Å². The van der Waals surface area contributed by atoms with Crippen LogP contribution in [0.3, 0.4) is 0 Å². The summed E-state index contributed by atoms with van der Waals surface area (Å²) in [5, 5.41) is 25.5. The van der Waals surface area contributed by atoms with Crippen LogP contribution in [0.25, 0.3) is 0 Å². The molecule has 0 spiro atoms. The fourth-order valence-electron chi connectivity index (χ4n) is 3.65. The number of urea groups is 1. The van der Waals surface area contributed by atoms with Crippen molar-refractivity contribution >= 4 is 101 Å². The van der Waals surface area contributed by atoms with Crippen molar-refractivity contribution < 1.29 is 31.7 Å². The van der Waals surface area contributed by atoms with Gasteiger partial charge in [0.05, 0.1) is 36.4 Å². The van der Waals surface area contributed by atoms with Gasteiger partial charge in [0.15, 0.2) is 5.75 Å². The maximum Gasteiger partial charge on any atom is 0.323 e. The molecular formula is C25H22Cl5N5O8S2. The predicted molar refractivity (Wildman–Crippen MR) is 172 cm³/mol. The molecule has 20 heteroatoms. The SMILES string of the molecule is O=C(Nc1ccc(Cl)c(S(=O)(=O)NC2CC2)c1O)Nc1cccc(Cl)c1Cl.O=[N+]([O-])c1ccc(Cl)c(S(=O)(=O)NC2CC2)c1Cl. The molecule has 2 aliphatic rings. The summed E-state index contributed by atoms with van der Waals surface area (Å²) in [5.74, 6) is -0.664. The Bertz CT molecular complexity index is 1890. The first-order valence-corrected chi connectivity index (χ1v) is 17.6. The Kier molecular flexibility index (Phi) is 11.0. The number of nitro groups is 1. The van der Waals surface area contributed by atoms with Gasteiger partial charge < -0.3 is 15.7 Å². The van der Waals surface area contributed by atoms with Crippen molar-refractivity contribution in [2.45, 2.75) is 47.6 Å². The number of rotatable bonds is 9. The van der Waals surface area contributed by atoms with Gasteiger partial charge in [0.25, 0.3) is 5.69 Å². The second-order valence-corrected chi connectivity index (χ2v) is 15.0. The number of amides is 2. The number of aromatic hydroxyl groups is 1. The summed E-state index contributed by atoms with van der Waals surface area (Å²) >= 11 is 29.4. The summed E-state index contributed by atoms with van der Waals surface area (Å²) in [7, 11) is -7.96. The Hall–Kier alpha value is -2.60. The number of nitrogens with one attached hydrogen (secondary N) is 4. The monoisotopic (exact) mass is 759 g/mol. The van der Waals surface area contributed by atoms with E-state index in [1.54, 1.807) is 12.1 Å². The zero-order chi connectivity index (χ0) is 33.3. The van der Waals surface area contributed by atoms with Gasteiger partial charge in [-0.2, -0.15) is 0 Å². The van der Waals surface area contributed by atoms with Crippen LogP contribution in [0.4, 0.5) is 21.9 Å². The normalized spacial score (nSPS) is 14.7. The maximum absolute atomic E-state index is 12.4. The standard InChI is InChI=1S/C16H14Cl3N3O4S.C9H8Cl2N2O4S/c17-9-2-1-3-11(13(9)19)20-16(24)21-12-7-6-10(18)15(14(12)23)27(25,26)22-8-4-5-8;10-6-3-4-7(13(14)15)8(11)9(6)18(16,17)12-5-1-2-5/h1-3,6-8,22-23H,4-5H2,(H2,20,21,24);3-5,12H,1-2H2. The van der Waals surface area contributed by atoms with Crippen molar-refractivity contribution in [1.29, 1.82) is 0 Å². The number of sulfonamides is 2. The smallest absolute Gasteiger partial charge is 0.323 e. The lowest BCUT2D eigenvalue weighted by molar-refractivity contribution is -0.384. The zero-order valence-corrected chi connectivity index (χ0v) is 27.9. The predicted octanol–water partition coefficient (Wildman–Crippen LogP) is 6.78. The first-order valence-electron chi connectivity index (χ1n) is 12.7. The van der Waals surface area contributed by atoms with E-state index < -0.39 is 57.3 Å². The van der Waals surface area contributed by atoms with Crippen LogP contribution in [0.1, 0.15) is 25.7 Å². The number of nitrogens with zero attached hydrogens (tertiary/aromatic N) is 1. The maximum atomic E-state index is 12.4. The lowest BCUT2D eigenvalue weighted by Crippen LogP contribution is -2.26. The Morgan fingerprint density at radius 2 is 1.24 bits per heavy atom. The Balaban J connectivity index is 0.000000222. The second kappa shape index (κ2) is 14.0. The first-order chi connectivity index (χ1) is 21.0. The number of hydrogen-bond donors (Lipinski definition) is 5. The highest BCUT2D eigenvalue weighted by Gasteiger charge is 2.34. The number of carbonyl (C=O) groups is 1. The molecule has 0 radical (unpaired) electrons. The first kappa shape index (κ1) is 35.3. The van der Waals surface area contributed by atoms with Gasteiger partial charge in [-0.25, -0.2) is 31.1 Å². The Morgan fingerprint density at radius 1 is 0.733 bits per heavy atom. The molecule has 0 unspecified atom stereocenters. The molecule has 3 aromatic rings. The number of halogens is 5. The molecule has 5 rings (SSSR count). The van der Waals surface area contributed by atoms with Crippen molar-refractivity contribution in [3.05, 3.63) is 77.7 Å². The number of hydrogen-bond acceptors (Lipinski definition) is 8. The van der Waals surface area contributed by atoms with Gasteiger partial charge in [-0.05, 0) is 56.0 Å². The molecule has 3 aromatic carbocycles. The molecule has 2 aliphatic carbocycles. The Labute approximate surface area is 282 Å². The highest BCUT2D eigenvalue weighted by molar-refractivity contribution is 7.90. The van der Waals surface area contributed by atoms with Crippen molar-refractivity contribution in [3.8, 4) is 5.75 Å². The van der Waals surface area contributed by atoms with E-state index in [2.05, 4.69) is 20.1 Å². The average molecular weight is 762 g/mol. The minimum absolute atomic E-state index is 0.133. The third-order valence-electron chi connectivity index (χ3n) is 6.09. The van der Waals surface area contributed by atoms with Gasteiger partial charge in [-0.1, -0.05) is 64.1 Å². The minimum Gasteiger partial charge on any atom is -0.504 e. The minimum atomic E-state index is -4.03. The van der Waals surface area contributed by atoms with Gasteiger partial charge in [-0.15, -0.1) is 0 Å². The molecule has 2 saturated carbocycles. The molecule has 13 nitrogen and oxygen atoms in total. The fourth-order valence-corrected chi connectivity index (χ4v) is 8.44. The summed E-state index contributed by atoms with van der Waals surface area (Å²) in [4.78, 5) is 21.2. The van der Waals surface area contributed by atoms with E-state index in [1.165, 1.54) is 18.2 Å².